The fourth-order valence-electron chi connectivity index (χ4n) is 7.34. The summed E-state index contributed by atoms with van der Waals surface area (Å²) >= 11 is 0. The minimum Gasteiger partial charge on any atom is -0.508 e. The molecule has 0 aliphatic carbocycles. The van der Waals surface area contributed by atoms with Crippen molar-refractivity contribution in [2.45, 2.75) is 0 Å². The molecule has 0 aromatic heterocycles. The van der Waals surface area contributed by atoms with Crippen LogP contribution in [0.1, 0.15) is 0 Å². The molecular weight excluding hydrogens is 679 g/mol. The van der Waals surface area contributed by atoms with E-state index < -0.39 is 0 Å². The van der Waals surface area contributed by atoms with Crippen LogP contribution in [0.2, 0.25) is 0 Å². The lowest BCUT2D eigenvalue weighted by atomic mass is 9.99. The molecule has 0 aliphatic heterocycles. The van der Waals surface area contributed by atoms with Gasteiger partial charge in [0.15, 0.2) is 0 Å². The SMILES string of the molecule is Oc1ccc(-c2ccc(-c3ccc(N(c4ccc(-c5ccc(-c6ccccc6)cc5)cc4)c4ccc(-c5ccc(-c6ccccc6)cc5)cc4)cc3)cc2)cc1. The molecule has 0 saturated carbocycles. The van der Waals surface area contributed by atoms with Crippen molar-refractivity contribution < 1.29 is 5.11 Å². The highest BCUT2D eigenvalue weighted by molar-refractivity contribution is 5.82. The average Bonchev–Trinajstić information content (AvgIpc) is 3.28. The number of rotatable bonds is 9. The summed E-state index contributed by atoms with van der Waals surface area (Å²) < 4.78 is 0. The monoisotopic (exact) mass is 717 g/mol. The van der Waals surface area contributed by atoms with Crippen molar-refractivity contribution in [3.05, 3.63) is 231 Å². The second-order valence-corrected chi connectivity index (χ2v) is 14.0. The van der Waals surface area contributed by atoms with E-state index in [9.17, 15) is 5.11 Å². The molecule has 0 radical (unpaired) electrons. The third-order valence-electron chi connectivity index (χ3n) is 10.4. The zero-order valence-electron chi connectivity index (χ0n) is 30.8. The summed E-state index contributed by atoms with van der Waals surface area (Å²) in [6, 6.07) is 81.1. The van der Waals surface area contributed by atoms with E-state index in [1.54, 1.807) is 12.1 Å². The lowest BCUT2D eigenvalue weighted by Gasteiger charge is -2.26. The van der Waals surface area contributed by atoms with Crippen molar-refractivity contribution in [3.8, 4) is 72.5 Å². The van der Waals surface area contributed by atoms with Crippen molar-refractivity contribution in [2.24, 2.45) is 0 Å². The Morgan fingerprint density at radius 1 is 0.196 bits per heavy atom. The molecule has 0 aliphatic rings. The van der Waals surface area contributed by atoms with E-state index in [2.05, 4.69) is 211 Å². The number of phenols is 1. The van der Waals surface area contributed by atoms with Gasteiger partial charge >= 0.3 is 0 Å². The molecule has 266 valence electrons. The van der Waals surface area contributed by atoms with Crippen LogP contribution in [0.4, 0.5) is 17.1 Å². The quantitative estimate of drug-likeness (QED) is 0.161. The van der Waals surface area contributed by atoms with Gasteiger partial charge in [0.25, 0.3) is 0 Å². The van der Waals surface area contributed by atoms with Gasteiger partial charge in [-0.2, -0.15) is 0 Å². The average molecular weight is 718 g/mol. The first kappa shape index (κ1) is 34.4. The number of phenolic OH excluding ortho intramolecular Hbond substituents is 1. The van der Waals surface area contributed by atoms with Crippen molar-refractivity contribution in [3.63, 3.8) is 0 Å². The molecule has 0 amide bonds. The lowest BCUT2D eigenvalue weighted by Crippen LogP contribution is -2.09. The van der Waals surface area contributed by atoms with E-state index >= 15 is 0 Å². The zero-order chi connectivity index (χ0) is 37.7. The van der Waals surface area contributed by atoms with Crippen LogP contribution in [0.5, 0.6) is 5.75 Å². The Labute approximate surface area is 328 Å². The summed E-state index contributed by atoms with van der Waals surface area (Å²) in [5.41, 5.74) is 17.3. The highest BCUT2D eigenvalue weighted by atomic mass is 16.3. The second kappa shape index (κ2) is 15.5. The fraction of sp³-hybridized carbons (Fsp3) is 0. The van der Waals surface area contributed by atoms with Gasteiger partial charge in [-0.25, -0.2) is 0 Å². The first-order chi connectivity index (χ1) is 27.6. The van der Waals surface area contributed by atoms with Crippen LogP contribution >= 0.6 is 0 Å². The first-order valence-corrected chi connectivity index (χ1v) is 19.0. The number of nitrogens with zero attached hydrogens (tertiary/aromatic N) is 1. The molecule has 0 saturated heterocycles. The molecule has 2 nitrogen and oxygen atoms in total. The fourth-order valence-corrected chi connectivity index (χ4v) is 7.34. The summed E-state index contributed by atoms with van der Waals surface area (Å²) in [6.45, 7) is 0. The third kappa shape index (κ3) is 7.37. The Morgan fingerprint density at radius 3 is 0.607 bits per heavy atom. The largest absolute Gasteiger partial charge is 0.508 e. The smallest absolute Gasteiger partial charge is 0.115 e. The molecule has 1 N–H and O–H groups in total. The summed E-state index contributed by atoms with van der Waals surface area (Å²) in [7, 11) is 0. The maximum atomic E-state index is 9.70. The van der Waals surface area contributed by atoms with Gasteiger partial charge in [-0.05, 0) is 115 Å². The van der Waals surface area contributed by atoms with E-state index in [-0.39, 0.29) is 5.75 Å². The number of aromatic hydroxyl groups is 1. The summed E-state index contributed by atoms with van der Waals surface area (Å²) in [6.07, 6.45) is 0. The number of hydrogen-bond acceptors (Lipinski definition) is 2. The van der Waals surface area contributed by atoms with Crippen molar-refractivity contribution >= 4 is 17.1 Å². The maximum absolute atomic E-state index is 9.70. The van der Waals surface area contributed by atoms with Crippen LogP contribution in [0, 0.1) is 0 Å². The standard InChI is InChI=1S/C54H39NO/c56-54-37-29-50(30-38-54)46-21-19-45(20-22-46)49-27-35-53(36-28-49)55(51-31-23-47(24-32-51)43-15-11-41(12-16-43)39-7-3-1-4-8-39)52-33-25-48(26-34-52)44-17-13-42(14-18-44)40-9-5-2-6-10-40/h1-38,56H. The minimum atomic E-state index is 0.272. The molecule has 56 heavy (non-hydrogen) atoms. The zero-order valence-corrected chi connectivity index (χ0v) is 30.8. The van der Waals surface area contributed by atoms with Crippen LogP contribution in [0.15, 0.2) is 231 Å². The minimum absolute atomic E-state index is 0.272. The van der Waals surface area contributed by atoms with Crippen LogP contribution in [0.3, 0.4) is 0 Å². The molecule has 2 heteroatoms. The van der Waals surface area contributed by atoms with Gasteiger partial charge in [0.1, 0.15) is 5.75 Å². The summed E-state index contributed by atoms with van der Waals surface area (Å²) in [4.78, 5) is 2.32. The van der Waals surface area contributed by atoms with Gasteiger partial charge in [0.05, 0.1) is 0 Å². The van der Waals surface area contributed by atoms with E-state index in [1.807, 2.05) is 12.1 Å². The topological polar surface area (TPSA) is 23.5 Å². The van der Waals surface area contributed by atoms with Crippen LogP contribution < -0.4 is 4.90 Å². The van der Waals surface area contributed by atoms with Crippen molar-refractivity contribution in [2.75, 3.05) is 4.90 Å². The molecule has 0 fully saturated rings. The third-order valence-corrected chi connectivity index (χ3v) is 10.4. The summed E-state index contributed by atoms with van der Waals surface area (Å²) in [5, 5.41) is 9.70. The Bertz CT molecular complexity index is 2520. The molecule has 0 atom stereocenters. The number of hydrogen-bond donors (Lipinski definition) is 1. The second-order valence-electron chi connectivity index (χ2n) is 14.0. The molecular formula is C54H39NO. The van der Waals surface area contributed by atoms with Gasteiger partial charge < -0.3 is 10.0 Å². The Kier molecular flexibility index (Phi) is 9.52. The normalized spacial score (nSPS) is 10.9. The molecule has 9 rings (SSSR count). The van der Waals surface area contributed by atoms with Gasteiger partial charge in [-0.1, -0.05) is 182 Å². The van der Waals surface area contributed by atoms with Gasteiger partial charge in [0, 0.05) is 17.1 Å². The van der Waals surface area contributed by atoms with E-state index in [1.165, 1.54) is 44.5 Å². The van der Waals surface area contributed by atoms with Gasteiger partial charge in [-0.15, -0.1) is 0 Å². The van der Waals surface area contributed by atoms with Crippen molar-refractivity contribution in [1.29, 1.82) is 0 Å². The van der Waals surface area contributed by atoms with Crippen molar-refractivity contribution in [1.82, 2.24) is 0 Å². The molecule has 0 heterocycles. The predicted molar refractivity (Wildman–Crippen MR) is 235 cm³/mol. The molecule has 0 bridgehead atoms. The Balaban J connectivity index is 1.01. The van der Waals surface area contributed by atoms with E-state index in [4.69, 9.17) is 0 Å². The summed E-state index contributed by atoms with van der Waals surface area (Å²) in [5.74, 6) is 0.272. The Hall–Kier alpha value is -7.42. The van der Waals surface area contributed by atoms with Crippen LogP contribution in [0.25, 0.3) is 66.8 Å². The van der Waals surface area contributed by atoms with Crippen LogP contribution in [-0.4, -0.2) is 5.11 Å². The van der Waals surface area contributed by atoms with Crippen LogP contribution in [-0.2, 0) is 0 Å². The highest BCUT2D eigenvalue weighted by Gasteiger charge is 2.14. The molecule has 9 aromatic carbocycles. The Morgan fingerprint density at radius 2 is 0.375 bits per heavy atom. The highest BCUT2D eigenvalue weighted by Crippen LogP contribution is 2.38. The maximum Gasteiger partial charge on any atom is 0.115 e. The van der Waals surface area contributed by atoms with Gasteiger partial charge in [0.2, 0.25) is 0 Å². The number of anilines is 3. The van der Waals surface area contributed by atoms with E-state index in [0.29, 0.717) is 0 Å². The number of benzene rings is 9. The molecule has 0 spiro atoms. The molecule has 9 aromatic rings. The molecule has 0 unspecified atom stereocenters. The lowest BCUT2D eigenvalue weighted by molar-refractivity contribution is 0.475. The van der Waals surface area contributed by atoms with Gasteiger partial charge in [-0.3, -0.25) is 0 Å². The van der Waals surface area contributed by atoms with E-state index in [0.717, 1.165) is 39.3 Å². The predicted octanol–water partition coefficient (Wildman–Crippen LogP) is 14.9. The first-order valence-electron chi connectivity index (χ1n) is 19.0.